The molecule has 0 bridgehead atoms. The Kier molecular flexibility index (Phi) is 3.75. The second kappa shape index (κ2) is 7.36. The highest BCUT2D eigenvalue weighted by molar-refractivity contribution is 6.89. The molecule has 0 aliphatic carbocycles. The largest absolute Gasteiger partial charge is 0.456 e. The summed E-state index contributed by atoms with van der Waals surface area (Å²) >= 11 is 0. The molecule has 0 amide bonds. The van der Waals surface area contributed by atoms with Crippen LogP contribution in [-0.4, -0.2) is 20.7 Å². The summed E-state index contributed by atoms with van der Waals surface area (Å²) in [6.07, 6.45) is 0. The van der Waals surface area contributed by atoms with E-state index < -0.39 is 0 Å². The summed E-state index contributed by atoms with van der Waals surface area (Å²) < 4.78 is 12.9. The number of para-hydroxylation sites is 2. The molecule has 3 aromatic heterocycles. The fourth-order valence-electron chi connectivity index (χ4n) is 7.98. The predicted octanol–water partition coefficient (Wildman–Crippen LogP) is 6.74. The monoisotopic (exact) mass is 549 g/mol. The molecule has 0 radical (unpaired) electrons. The summed E-state index contributed by atoms with van der Waals surface area (Å²) in [5, 5.41) is 5.30. The Morgan fingerprint density at radius 1 is 0.605 bits per heavy atom. The first-order valence-electron chi connectivity index (χ1n) is 14.6. The Balaban J connectivity index is 1.35. The van der Waals surface area contributed by atoms with Crippen LogP contribution >= 0.6 is 0 Å². The number of furan rings is 1. The van der Waals surface area contributed by atoms with E-state index in [9.17, 15) is 4.79 Å². The van der Waals surface area contributed by atoms with Crippen molar-refractivity contribution in [3.8, 4) is 22.5 Å². The van der Waals surface area contributed by atoms with E-state index in [1.165, 1.54) is 16.2 Å². The molecule has 6 aromatic carbocycles. The number of benzene rings is 6. The molecule has 9 aromatic rings. The van der Waals surface area contributed by atoms with E-state index in [0.717, 1.165) is 71.8 Å². The Labute approximate surface area is 244 Å². The molecule has 0 saturated carbocycles. The summed E-state index contributed by atoms with van der Waals surface area (Å²) in [7, 11) is 0. The molecular formula is C37H20BN3O2. The van der Waals surface area contributed by atoms with Crippen molar-refractivity contribution in [2.45, 2.75) is 0 Å². The van der Waals surface area contributed by atoms with Crippen molar-refractivity contribution in [2.75, 3.05) is 0 Å². The number of hydrogen-bond acceptors (Lipinski definition) is 2. The fraction of sp³-hybridized carbons (Fsp3) is 0. The van der Waals surface area contributed by atoms with Gasteiger partial charge in [0.1, 0.15) is 11.2 Å². The van der Waals surface area contributed by atoms with Crippen molar-refractivity contribution >= 4 is 72.4 Å². The Hall–Kier alpha value is -5.75. The van der Waals surface area contributed by atoms with Gasteiger partial charge in [-0.3, -0.25) is 14.1 Å². The van der Waals surface area contributed by atoms with Gasteiger partial charge in [0.15, 0.2) is 0 Å². The second-order valence-corrected chi connectivity index (χ2v) is 11.7. The molecule has 6 heteroatoms. The van der Waals surface area contributed by atoms with E-state index in [1.807, 2.05) is 34.9 Å². The lowest BCUT2D eigenvalue weighted by atomic mass is 9.49. The van der Waals surface area contributed by atoms with Gasteiger partial charge in [-0.1, -0.05) is 91.0 Å². The van der Waals surface area contributed by atoms with Gasteiger partial charge in [0.05, 0.1) is 27.6 Å². The molecule has 11 rings (SSSR count). The van der Waals surface area contributed by atoms with Crippen molar-refractivity contribution < 1.29 is 4.42 Å². The van der Waals surface area contributed by atoms with E-state index in [-0.39, 0.29) is 12.4 Å². The average Bonchev–Trinajstić information content (AvgIpc) is 3.77. The van der Waals surface area contributed by atoms with Crippen molar-refractivity contribution in [2.24, 2.45) is 0 Å². The van der Waals surface area contributed by atoms with Crippen LogP contribution in [0.1, 0.15) is 0 Å². The fourth-order valence-corrected chi connectivity index (χ4v) is 7.98. The molecule has 5 heterocycles. The molecule has 43 heavy (non-hydrogen) atoms. The first kappa shape index (κ1) is 21.9. The van der Waals surface area contributed by atoms with E-state index in [4.69, 9.17) is 4.42 Å². The minimum Gasteiger partial charge on any atom is -0.456 e. The van der Waals surface area contributed by atoms with Gasteiger partial charge in [-0.05, 0) is 40.9 Å². The van der Waals surface area contributed by atoms with Crippen LogP contribution in [0.4, 0.5) is 0 Å². The van der Waals surface area contributed by atoms with Crippen LogP contribution in [0.5, 0.6) is 0 Å². The van der Waals surface area contributed by atoms with Crippen LogP contribution in [0.3, 0.4) is 0 Å². The summed E-state index contributed by atoms with van der Waals surface area (Å²) in [5.41, 5.74) is 11.4. The van der Waals surface area contributed by atoms with Gasteiger partial charge in [-0.15, -0.1) is 0 Å². The zero-order valence-corrected chi connectivity index (χ0v) is 22.8. The quantitative estimate of drug-likeness (QED) is 0.213. The van der Waals surface area contributed by atoms with Crippen LogP contribution in [-0.2, 0) is 0 Å². The molecule has 198 valence electrons. The summed E-state index contributed by atoms with van der Waals surface area (Å²) in [6.45, 7) is -0.271. The van der Waals surface area contributed by atoms with Crippen LogP contribution in [0.25, 0.3) is 77.1 Å². The molecule has 0 N–H and O–H groups in total. The summed E-state index contributed by atoms with van der Waals surface area (Å²) in [4.78, 5) is 14.7. The Morgan fingerprint density at radius 2 is 1.40 bits per heavy atom. The number of hydrogen-bond donors (Lipinski definition) is 0. The van der Waals surface area contributed by atoms with Crippen LogP contribution in [0.2, 0.25) is 0 Å². The van der Waals surface area contributed by atoms with Crippen LogP contribution in [0, 0.1) is 0 Å². The van der Waals surface area contributed by atoms with Crippen molar-refractivity contribution in [3.05, 3.63) is 132 Å². The number of aromatic nitrogens is 3. The number of rotatable bonds is 1. The maximum Gasteiger partial charge on any atom is 0.357 e. The highest BCUT2D eigenvalue weighted by Gasteiger charge is 2.44. The van der Waals surface area contributed by atoms with Gasteiger partial charge in [-0.2, -0.15) is 0 Å². The first-order chi connectivity index (χ1) is 21.3. The first-order valence-corrected chi connectivity index (χ1v) is 14.6. The molecule has 0 fully saturated rings. The van der Waals surface area contributed by atoms with E-state index in [2.05, 4.69) is 100 Å². The van der Waals surface area contributed by atoms with Crippen LogP contribution in [0.15, 0.2) is 131 Å². The maximum absolute atomic E-state index is 14.7. The highest BCUT2D eigenvalue weighted by Crippen LogP contribution is 2.40. The molecule has 2 aliphatic heterocycles. The third-order valence-electron chi connectivity index (χ3n) is 9.65. The average molecular weight is 549 g/mol. The normalized spacial score (nSPS) is 13.2. The van der Waals surface area contributed by atoms with Gasteiger partial charge in [0.25, 0.3) is 5.56 Å². The highest BCUT2D eigenvalue weighted by atomic mass is 16.3. The third kappa shape index (κ3) is 2.47. The molecule has 5 nitrogen and oxygen atoms in total. The smallest absolute Gasteiger partial charge is 0.357 e. The number of fused-ring (bicyclic) bond motifs is 14. The van der Waals surface area contributed by atoms with E-state index in [0.29, 0.717) is 0 Å². The minimum absolute atomic E-state index is 0.0245. The van der Waals surface area contributed by atoms with Gasteiger partial charge in [0.2, 0.25) is 0 Å². The summed E-state index contributed by atoms with van der Waals surface area (Å²) in [5.74, 6) is 0. The van der Waals surface area contributed by atoms with Crippen LogP contribution < -0.4 is 16.5 Å². The SMILES string of the molecule is O=c1c2c(-c3ccccc3)cccc2n2n1B1c3cc4c(cc3-n3c5ccccc5c5ccc-2c1c53)oc1ccccc14. The van der Waals surface area contributed by atoms with Gasteiger partial charge in [-0.25, -0.2) is 0 Å². The molecule has 0 unspecified atom stereocenters. The predicted molar refractivity (Wildman–Crippen MR) is 175 cm³/mol. The zero-order chi connectivity index (χ0) is 28.0. The zero-order valence-electron chi connectivity index (χ0n) is 22.8. The molecule has 0 saturated heterocycles. The molecule has 0 atom stereocenters. The van der Waals surface area contributed by atoms with Crippen molar-refractivity contribution in [1.82, 2.24) is 13.8 Å². The Morgan fingerprint density at radius 3 is 2.30 bits per heavy atom. The minimum atomic E-state index is -0.271. The van der Waals surface area contributed by atoms with E-state index >= 15 is 0 Å². The van der Waals surface area contributed by atoms with E-state index in [1.54, 1.807) is 0 Å². The van der Waals surface area contributed by atoms with Crippen molar-refractivity contribution in [3.63, 3.8) is 0 Å². The van der Waals surface area contributed by atoms with Gasteiger partial charge >= 0.3 is 6.85 Å². The van der Waals surface area contributed by atoms with Gasteiger partial charge in [0, 0.05) is 38.8 Å². The van der Waals surface area contributed by atoms with Gasteiger partial charge < -0.3 is 8.98 Å². The topological polar surface area (TPSA) is 45.0 Å². The standard InChI is InChI=1S/C37H20BN3O2/c42-37-34-22(21-9-2-1-3-10-21)13-8-15-29(34)40-30-18-17-25-23-11-4-6-14-28(23)39-31-20-33-26(24-12-5-7-16-32(24)43-33)19-27(31)38(41(37)40)35(30)36(25)39/h1-20H. The van der Waals surface area contributed by atoms with Crippen molar-refractivity contribution in [1.29, 1.82) is 0 Å². The maximum atomic E-state index is 14.7. The second-order valence-electron chi connectivity index (χ2n) is 11.7. The summed E-state index contributed by atoms with van der Waals surface area (Å²) in [6, 6.07) is 42.1. The molecule has 2 aliphatic rings. The lowest BCUT2D eigenvalue weighted by Gasteiger charge is -2.23. The molecule has 0 spiro atoms. The lowest BCUT2D eigenvalue weighted by Crippen LogP contribution is -2.53. The molecular weight excluding hydrogens is 529 g/mol. The third-order valence-corrected chi connectivity index (χ3v) is 9.65. The Bertz CT molecular complexity index is 2760. The number of nitrogens with zero attached hydrogens (tertiary/aromatic N) is 3. The lowest BCUT2D eigenvalue weighted by molar-refractivity contribution is 0.668.